The molecule has 188 valence electrons. The second-order valence-electron chi connectivity index (χ2n) is 11.9. The van der Waals surface area contributed by atoms with Crippen molar-refractivity contribution in [3.8, 4) is 0 Å². The van der Waals surface area contributed by atoms with Gasteiger partial charge in [-0.05, 0) is 0 Å². The van der Waals surface area contributed by atoms with Crippen molar-refractivity contribution in [1.82, 2.24) is 0 Å². The first-order valence-corrected chi connectivity index (χ1v) is 25.3. The fraction of sp³-hybridized carbons (Fsp3) is 0.471. The summed E-state index contributed by atoms with van der Waals surface area (Å²) in [7, 11) is 0. The summed E-state index contributed by atoms with van der Waals surface area (Å²) in [6, 6.07) is 20.5. The van der Waals surface area contributed by atoms with Crippen LogP contribution in [0.4, 0.5) is 0 Å². The molecule has 0 amide bonds. The van der Waals surface area contributed by atoms with Crippen LogP contribution in [0.5, 0.6) is 0 Å². The molecule has 0 aliphatic carbocycles. The number of fused-ring (bicyclic) bond motifs is 1. The molecular weight excluding hydrogens is 554 g/mol. The molecule has 0 N–H and O–H groups in total. The fourth-order valence-corrected chi connectivity index (χ4v) is 32.7. The van der Waals surface area contributed by atoms with Crippen molar-refractivity contribution in [2.45, 2.75) is 100 Å². The average Bonchev–Trinajstić information content (AvgIpc) is 3.36. The number of unbranched alkanes of at least 4 members (excludes halogenated alkanes) is 4. The first-order chi connectivity index (χ1) is 17.7. The van der Waals surface area contributed by atoms with E-state index >= 15 is 0 Å². The Morgan fingerprint density at radius 2 is 0.750 bits per heavy atom. The second kappa shape index (κ2) is 9.81. The second-order valence-corrected chi connectivity index (χ2v) is 29.7. The Morgan fingerprint density at radius 1 is 0.417 bits per heavy atom. The van der Waals surface area contributed by atoms with Crippen LogP contribution in [-0.4, -0.2) is 26.5 Å². The van der Waals surface area contributed by atoms with E-state index in [9.17, 15) is 0 Å². The summed E-state index contributed by atoms with van der Waals surface area (Å²) in [4.78, 5) is 0. The van der Waals surface area contributed by atoms with E-state index in [4.69, 9.17) is 0 Å². The third kappa shape index (κ3) is 3.32. The first-order valence-electron chi connectivity index (χ1n) is 15.1. The molecule has 2 heteroatoms. The molecule has 4 aromatic carbocycles. The van der Waals surface area contributed by atoms with Gasteiger partial charge in [0.05, 0.1) is 0 Å². The van der Waals surface area contributed by atoms with Crippen molar-refractivity contribution in [2.24, 2.45) is 0 Å². The topological polar surface area (TPSA) is 0 Å². The van der Waals surface area contributed by atoms with E-state index in [-0.39, 0.29) is 0 Å². The van der Waals surface area contributed by atoms with E-state index in [0.29, 0.717) is 0 Å². The molecule has 0 nitrogen and oxygen atoms in total. The van der Waals surface area contributed by atoms with E-state index in [1.165, 1.54) is 72.4 Å². The van der Waals surface area contributed by atoms with E-state index in [0.717, 1.165) is 0 Å². The van der Waals surface area contributed by atoms with Gasteiger partial charge in [0.1, 0.15) is 0 Å². The molecule has 6 rings (SSSR count). The maximum absolute atomic E-state index is 2.75. The Hall–Kier alpha value is -1.25. The van der Waals surface area contributed by atoms with Gasteiger partial charge in [0, 0.05) is 0 Å². The zero-order valence-electron chi connectivity index (χ0n) is 23.1. The van der Waals surface area contributed by atoms with E-state index in [1.54, 1.807) is 32.3 Å². The molecule has 2 aliphatic heterocycles. The minimum absolute atomic E-state index is 1.32. The molecule has 0 saturated heterocycles. The fourth-order valence-electron chi connectivity index (χ4n) is 8.34. The number of benzene rings is 4. The molecule has 0 atom stereocenters. The molecule has 0 spiro atoms. The molecular formula is C34H44Ge2. The quantitative estimate of drug-likeness (QED) is 0.114. The molecule has 0 saturated carbocycles. The molecule has 0 aromatic heterocycles. The summed E-state index contributed by atoms with van der Waals surface area (Å²) in [6.45, 7) is 9.59. The van der Waals surface area contributed by atoms with Gasteiger partial charge in [-0.3, -0.25) is 0 Å². The predicted octanol–water partition coefficient (Wildman–Crippen LogP) is 8.10. The van der Waals surface area contributed by atoms with Crippen molar-refractivity contribution in [3.05, 3.63) is 48.5 Å². The zero-order valence-corrected chi connectivity index (χ0v) is 27.3. The van der Waals surface area contributed by atoms with Gasteiger partial charge in [-0.15, -0.1) is 0 Å². The van der Waals surface area contributed by atoms with Crippen LogP contribution in [-0.2, 0) is 0 Å². The minimum atomic E-state index is -2.44. The standard InChI is InChI=1S/C34H44Ge2/c1-5-9-21-35(22-10-6-2)27-17-13-15-25-26-16-14-18-28-32(26)34-30(20-19-29(35)33(34)31(25)27)36(28,23-11-7-3)24-12-8-4/h13-20H,5-12,21-24H2,1-4H3. The van der Waals surface area contributed by atoms with Gasteiger partial charge in [-0.1, -0.05) is 0 Å². The van der Waals surface area contributed by atoms with Gasteiger partial charge in [-0.2, -0.15) is 0 Å². The van der Waals surface area contributed by atoms with Gasteiger partial charge < -0.3 is 0 Å². The summed E-state index contributed by atoms with van der Waals surface area (Å²) in [6.07, 6.45) is 10.9. The monoisotopic (exact) mass is 600 g/mol. The molecule has 2 heterocycles. The Balaban J connectivity index is 1.75. The van der Waals surface area contributed by atoms with E-state index in [2.05, 4.69) is 76.2 Å². The van der Waals surface area contributed by atoms with Crippen molar-refractivity contribution >= 4 is 76.4 Å². The molecule has 36 heavy (non-hydrogen) atoms. The molecule has 0 bridgehead atoms. The van der Waals surface area contributed by atoms with Gasteiger partial charge in [-0.25, -0.2) is 0 Å². The Morgan fingerprint density at radius 3 is 1.08 bits per heavy atom. The average molecular weight is 598 g/mol. The van der Waals surface area contributed by atoms with Crippen LogP contribution in [0.2, 0.25) is 21.0 Å². The summed E-state index contributed by atoms with van der Waals surface area (Å²) in [5.74, 6) is 0. The van der Waals surface area contributed by atoms with Gasteiger partial charge in [0.15, 0.2) is 0 Å². The Bertz CT molecular complexity index is 1320. The Labute approximate surface area is 224 Å². The number of rotatable bonds is 12. The molecule has 0 radical (unpaired) electrons. The molecule has 2 aliphatic rings. The van der Waals surface area contributed by atoms with Gasteiger partial charge in [0.2, 0.25) is 0 Å². The number of hydrogen-bond acceptors (Lipinski definition) is 0. The van der Waals surface area contributed by atoms with Crippen LogP contribution in [0.1, 0.15) is 79.1 Å². The van der Waals surface area contributed by atoms with Gasteiger partial charge >= 0.3 is 225 Å². The van der Waals surface area contributed by atoms with Crippen LogP contribution >= 0.6 is 0 Å². The van der Waals surface area contributed by atoms with Crippen molar-refractivity contribution in [3.63, 3.8) is 0 Å². The van der Waals surface area contributed by atoms with Crippen LogP contribution < -0.4 is 17.6 Å². The van der Waals surface area contributed by atoms with Crippen molar-refractivity contribution < 1.29 is 0 Å². The van der Waals surface area contributed by atoms with E-state index < -0.39 is 26.5 Å². The van der Waals surface area contributed by atoms with Crippen molar-refractivity contribution in [2.75, 3.05) is 0 Å². The first kappa shape index (κ1) is 25.0. The molecule has 0 unspecified atom stereocenters. The van der Waals surface area contributed by atoms with Crippen LogP contribution in [0.15, 0.2) is 48.5 Å². The third-order valence-corrected chi connectivity index (χ3v) is 32.3. The maximum atomic E-state index is 2.75. The summed E-state index contributed by atoms with van der Waals surface area (Å²) < 4.78 is 7.45. The SMILES string of the molecule is CCC[CH2][Ge]1([CH2]CCC)[c]2cccc3c4ccc[c]5c4c4[c](cc[c]1c4c23)[Ge]5([CH2]CCC)[CH2]CCC. The van der Waals surface area contributed by atoms with E-state index in [1.807, 2.05) is 17.6 Å². The van der Waals surface area contributed by atoms with Crippen LogP contribution in [0.25, 0.3) is 32.3 Å². The number of hydrogen-bond donors (Lipinski definition) is 0. The normalized spacial score (nSPS) is 16.4. The summed E-state index contributed by atoms with van der Waals surface area (Å²) >= 11 is -4.88. The third-order valence-electron chi connectivity index (χ3n) is 10.0. The molecule has 4 aromatic rings. The van der Waals surface area contributed by atoms with Crippen LogP contribution in [0.3, 0.4) is 0 Å². The van der Waals surface area contributed by atoms with Gasteiger partial charge in [0.25, 0.3) is 0 Å². The summed E-state index contributed by atoms with van der Waals surface area (Å²) in [5, 5.41) is 16.1. The zero-order chi connectivity index (χ0) is 24.9. The molecule has 0 fully saturated rings. The predicted molar refractivity (Wildman–Crippen MR) is 168 cm³/mol. The summed E-state index contributed by atoms with van der Waals surface area (Å²) in [5.41, 5.74) is 0. The Kier molecular flexibility index (Phi) is 6.82. The van der Waals surface area contributed by atoms with Crippen LogP contribution in [0, 0.1) is 0 Å². The van der Waals surface area contributed by atoms with Crippen molar-refractivity contribution in [1.29, 1.82) is 0 Å².